The van der Waals surface area contributed by atoms with E-state index >= 15 is 0 Å². The molecule has 18 heavy (non-hydrogen) atoms. The van der Waals surface area contributed by atoms with E-state index in [9.17, 15) is 4.79 Å². The molecule has 1 rings (SSSR count). The Morgan fingerprint density at radius 2 is 2.00 bits per heavy atom. The fraction of sp³-hybridized carbons (Fsp3) is 0.462. The molecule has 1 amide bonds. The third-order valence-corrected chi connectivity index (χ3v) is 3.68. The van der Waals surface area contributed by atoms with Crippen molar-refractivity contribution < 1.29 is 4.79 Å². The second-order valence-electron chi connectivity index (χ2n) is 3.96. The molecule has 0 spiro atoms. The lowest BCUT2D eigenvalue weighted by atomic mass is 10.2. The standard InChI is InChI=1S/C13H16BrCl2NO/c1-2-3-7-17(8-6-14)13(18)10-4-5-11(15)12(16)9-10/h4-5,9H,2-3,6-8H2,1H3. The van der Waals surface area contributed by atoms with Gasteiger partial charge in [-0.2, -0.15) is 0 Å². The van der Waals surface area contributed by atoms with E-state index < -0.39 is 0 Å². The highest BCUT2D eigenvalue weighted by atomic mass is 79.9. The highest BCUT2D eigenvalue weighted by Gasteiger charge is 2.15. The summed E-state index contributed by atoms with van der Waals surface area (Å²) in [6.07, 6.45) is 2.06. The average Bonchev–Trinajstić information content (AvgIpc) is 2.37. The number of rotatable bonds is 6. The molecule has 0 aliphatic carbocycles. The van der Waals surface area contributed by atoms with Crippen LogP contribution in [0.3, 0.4) is 0 Å². The van der Waals surface area contributed by atoms with E-state index in [1.807, 2.05) is 4.90 Å². The van der Waals surface area contributed by atoms with Gasteiger partial charge in [0.25, 0.3) is 5.91 Å². The summed E-state index contributed by atoms with van der Waals surface area (Å²) < 4.78 is 0. The molecular weight excluding hydrogens is 337 g/mol. The monoisotopic (exact) mass is 351 g/mol. The van der Waals surface area contributed by atoms with E-state index in [0.29, 0.717) is 22.2 Å². The van der Waals surface area contributed by atoms with Gasteiger partial charge in [0.1, 0.15) is 0 Å². The number of benzene rings is 1. The first-order valence-electron chi connectivity index (χ1n) is 5.90. The molecule has 0 radical (unpaired) electrons. The largest absolute Gasteiger partial charge is 0.338 e. The number of halogens is 3. The highest BCUT2D eigenvalue weighted by Crippen LogP contribution is 2.23. The first kappa shape index (κ1) is 15.8. The summed E-state index contributed by atoms with van der Waals surface area (Å²) in [5.74, 6) is 0.00136. The fourth-order valence-corrected chi connectivity index (χ4v) is 2.30. The van der Waals surface area contributed by atoms with Crippen LogP contribution in [0.5, 0.6) is 0 Å². The van der Waals surface area contributed by atoms with Gasteiger partial charge in [0, 0.05) is 24.0 Å². The summed E-state index contributed by atoms with van der Waals surface area (Å²) in [4.78, 5) is 14.1. The van der Waals surface area contributed by atoms with Gasteiger partial charge in [-0.15, -0.1) is 0 Å². The molecule has 0 heterocycles. The van der Waals surface area contributed by atoms with Crippen molar-refractivity contribution in [2.24, 2.45) is 0 Å². The lowest BCUT2D eigenvalue weighted by Crippen LogP contribution is -2.33. The average molecular weight is 353 g/mol. The van der Waals surface area contributed by atoms with Crippen LogP contribution in [0.4, 0.5) is 0 Å². The minimum atomic E-state index is 0.00136. The Morgan fingerprint density at radius 3 is 2.56 bits per heavy atom. The molecule has 0 saturated heterocycles. The molecule has 0 aliphatic rings. The Balaban J connectivity index is 2.83. The van der Waals surface area contributed by atoms with Crippen molar-refractivity contribution in [1.29, 1.82) is 0 Å². The van der Waals surface area contributed by atoms with Crippen molar-refractivity contribution in [2.75, 3.05) is 18.4 Å². The van der Waals surface area contributed by atoms with Gasteiger partial charge in [-0.05, 0) is 24.6 Å². The predicted octanol–water partition coefficient (Wildman–Crippen LogP) is 4.63. The van der Waals surface area contributed by atoms with Gasteiger partial charge in [-0.1, -0.05) is 52.5 Å². The van der Waals surface area contributed by atoms with Crippen molar-refractivity contribution in [3.8, 4) is 0 Å². The van der Waals surface area contributed by atoms with Crippen LogP contribution >= 0.6 is 39.1 Å². The second kappa shape index (κ2) is 8.03. The fourth-order valence-electron chi connectivity index (χ4n) is 1.58. The molecule has 0 atom stereocenters. The topological polar surface area (TPSA) is 20.3 Å². The van der Waals surface area contributed by atoms with Crippen molar-refractivity contribution in [2.45, 2.75) is 19.8 Å². The molecule has 5 heteroatoms. The Labute approximate surface area is 126 Å². The van der Waals surface area contributed by atoms with Gasteiger partial charge in [0.15, 0.2) is 0 Å². The smallest absolute Gasteiger partial charge is 0.253 e. The molecule has 0 fully saturated rings. The summed E-state index contributed by atoms with van der Waals surface area (Å²) in [7, 11) is 0. The van der Waals surface area contributed by atoms with Crippen LogP contribution in [0.25, 0.3) is 0 Å². The van der Waals surface area contributed by atoms with Crippen LogP contribution in [0.1, 0.15) is 30.1 Å². The zero-order chi connectivity index (χ0) is 13.5. The Bertz CT molecular complexity index is 412. The van der Waals surface area contributed by atoms with Crippen molar-refractivity contribution in [3.63, 3.8) is 0 Å². The van der Waals surface area contributed by atoms with E-state index in [1.54, 1.807) is 18.2 Å². The number of unbranched alkanes of at least 4 members (excludes halogenated alkanes) is 1. The number of carbonyl (C=O) groups excluding carboxylic acids is 1. The van der Waals surface area contributed by atoms with E-state index in [1.165, 1.54) is 0 Å². The van der Waals surface area contributed by atoms with E-state index in [4.69, 9.17) is 23.2 Å². The normalized spacial score (nSPS) is 10.4. The minimum absolute atomic E-state index is 0.00136. The zero-order valence-corrected chi connectivity index (χ0v) is 13.4. The lowest BCUT2D eigenvalue weighted by molar-refractivity contribution is 0.0764. The van der Waals surface area contributed by atoms with Crippen LogP contribution in [0.15, 0.2) is 18.2 Å². The molecule has 1 aromatic rings. The SMILES string of the molecule is CCCCN(CCBr)C(=O)c1ccc(Cl)c(Cl)c1. The van der Waals surface area contributed by atoms with E-state index in [-0.39, 0.29) is 5.91 Å². The number of hydrogen-bond acceptors (Lipinski definition) is 1. The van der Waals surface area contributed by atoms with Gasteiger partial charge in [0.2, 0.25) is 0 Å². The summed E-state index contributed by atoms with van der Waals surface area (Å²) in [5, 5.41) is 1.65. The zero-order valence-electron chi connectivity index (χ0n) is 10.3. The van der Waals surface area contributed by atoms with Crippen molar-refractivity contribution >= 4 is 45.0 Å². The predicted molar refractivity (Wildman–Crippen MR) is 81.1 cm³/mol. The summed E-state index contributed by atoms with van der Waals surface area (Å²) in [6, 6.07) is 4.99. The third-order valence-electron chi connectivity index (χ3n) is 2.59. The van der Waals surface area contributed by atoms with E-state index in [2.05, 4.69) is 22.9 Å². The second-order valence-corrected chi connectivity index (χ2v) is 5.57. The molecule has 0 unspecified atom stereocenters. The maximum atomic E-state index is 12.3. The van der Waals surface area contributed by atoms with Crippen molar-refractivity contribution in [1.82, 2.24) is 4.90 Å². The van der Waals surface area contributed by atoms with Crippen LogP contribution in [0, 0.1) is 0 Å². The van der Waals surface area contributed by atoms with Gasteiger partial charge in [-0.3, -0.25) is 4.79 Å². The lowest BCUT2D eigenvalue weighted by Gasteiger charge is -2.21. The summed E-state index contributed by atoms with van der Waals surface area (Å²) in [5.41, 5.74) is 0.585. The quantitative estimate of drug-likeness (QED) is 0.683. The molecule has 1 aromatic carbocycles. The highest BCUT2D eigenvalue weighted by molar-refractivity contribution is 9.09. The van der Waals surface area contributed by atoms with Crippen LogP contribution in [0.2, 0.25) is 10.0 Å². The minimum Gasteiger partial charge on any atom is -0.338 e. The molecule has 0 bridgehead atoms. The maximum Gasteiger partial charge on any atom is 0.253 e. The first-order valence-corrected chi connectivity index (χ1v) is 7.78. The van der Waals surface area contributed by atoms with Gasteiger partial charge >= 0.3 is 0 Å². The van der Waals surface area contributed by atoms with E-state index in [0.717, 1.165) is 24.7 Å². The summed E-state index contributed by atoms with van der Waals surface area (Å²) in [6.45, 7) is 3.57. The molecule has 100 valence electrons. The number of carbonyl (C=O) groups is 1. The molecule has 0 N–H and O–H groups in total. The molecule has 0 saturated carbocycles. The Morgan fingerprint density at radius 1 is 1.28 bits per heavy atom. The number of amides is 1. The number of alkyl halides is 1. The number of hydrogen-bond donors (Lipinski definition) is 0. The van der Waals surface area contributed by atoms with Gasteiger partial charge in [0.05, 0.1) is 10.0 Å². The molecule has 0 aliphatic heterocycles. The molecular formula is C13H16BrCl2NO. The van der Waals surface area contributed by atoms with Crippen molar-refractivity contribution in [3.05, 3.63) is 33.8 Å². The van der Waals surface area contributed by atoms with Crippen LogP contribution < -0.4 is 0 Å². The third kappa shape index (κ3) is 4.45. The first-order chi connectivity index (χ1) is 8.60. The maximum absolute atomic E-state index is 12.3. The van der Waals surface area contributed by atoms with Crippen LogP contribution in [-0.4, -0.2) is 29.2 Å². The molecule has 2 nitrogen and oxygen atoms in total. The van der Waals surface area contributed by atoms with Crippen LogP contribution in [-0.2, 0) is 0 Å². The Kier molecular flexibility index (Phi) is 7.05. The Hall–Kier alpha value is -0.250. The van der Waals surface area contributed by atoms with Gasteiger partial charge in [-0.25, -0.2) is 0 Å². The molecule has 0 aromatic heterocycles. The summed E-state index contributed by atoms with van der Waals surface area (Å²) >= 11 is 15.1. The number of nitrogens with zero attached hydrogens (tertiary/aromatic N) is 1. The van der Waals surface area contributed by atoms with Gasteiger partial charge < -0.3 is 4.90 Å².